The van der Waals surface area contributed by atoms with E-state index < -0.39 is 6.04 Å². The quantitative estimate of drug-likeness (QED) is 0.634. The number of benzene rings is 2. The van der Waals surface area contributed by atoms with Crippen molar-refractivity contribution in [3.05, 3.63) is 64.7 Å². The summed E-state index contributed by atoms with van der Waals surface area (Å²) in [7, 11) is 0. The standard InChI is InChI=1S/C25H34N2O3/c1-6-14-26-25(29)23(7-2)27(16-21-11-9-8-10-19(21)4)24(28)17-30-22-13-12-18(3)20(5)15-22/h8-13,15,23H,6-7,14,16-17H2,1-5H3,(H,26,29)/t23-/m0/s1. The van der Waals surface area contributed by atoms with Crippen molar-refractivity contribution in [2.75, 3.05) is 13.2 Å². The van der Waals surface area contributed by atoms with Crippen LogP contribution in [-0.4, -0.2) is 35.9 Å². The lowest BCUT2D eigenvalue weighted by molar-refractivity contribution is -0.143. The number of nitrogens with zero attached hydrogens (tertiary/aromatic N) is 1. The molecule has 0 fully saturated rings. The van der Waals surface area contributed by atoms with Gasteiger partial charge in [-0.25, -0.2) is 0 Å². The SMILES string of the molecule is CCCNC(=O)[C@H](CC)N(Cc1ccccc1C)C(=O)COc1ccc(C)c(C)c1. The van der Waals surface area contributed by atoms with Crippen LogP contribution < -0.4 is 10.1 Å². The molecular formula is C25H34N2O3. The summed E-state index contributed by atoms with van der Waals surface area (Å²) in [5, 5.41) is 2.93. The molecule has 0 unspecified atom stereocenters. The normalized spacial score (nSPS) is 11.6. The third-order valence-electron chi connectivity index (χ3n) is 5.38. The summed E-state index contributed by atoms with van der Waals surface area (Å²) in [5.41, 5.74) is 4.41. The highest BCUT2D eigenvalue weighted by Crippen LogP contribution is 2.18. The molecule has 162 valence electrons. The van der Waals surface area contributed by atoms with Crippen LogP contribution in [0.15, 0.2) is 42.5 Å². The Morgan fingerprint density at radius 3 is 2.37 bits per heavy atom. The molecule has 0 aromatic heterocycles. The molecule has 0 aliphatic heterocycles. The largest absolute Gasteiger partial charge is 0.484 e. The van der Waals surface area contributed by atoms with E-state index in [0.29, 0.717) is 25.3 Å². The fraction of sp³-hybridized carbons (Fsp3) is 0.440. The molecule has 1 N–H and O–H groups in total. The van der Waals surface area contributed by atoms with Crippen LogP contribution >= 0.6 is 0 Å². The molecule has 0 spiro atoms. The van der Waals surface area contributed by atoms with Crippen LogP contribution in [0.25, 0.3) is 0 Å². The van der Waals surface area contributed by atoms with Gasteiger partial charge in [-0.15, -0.1) is 0 Å². The van der Waals surface area contributed by atoms with E-state index in [1.165, 1.54) is 5.56 Å². The van der Waals surface area contributed by atoms with Gasteiger partial charge in [-0.1, -0.05) is 44.2 Å². The zero-order valence-electron chi connectivity index (χ0n) is 18.8. The Bertz CT molecular complexity index is 863. The first-order valence-corrected chi connectivity index (χ1v) is 10.7. The molecule has 1 atom stereocenters. The molecule has 0 saturated heterocycles. The maximum Gasteiger partial charge on any atom is 0.261 e. The van der Waals surface area contributed by atoms with E-state index in [9.17, 15) is 9.59 Å². The van der Waals surface area contributed by atoms with Crippen molar-refractivity contribution in [1.82, 2.24) is 10.2 Å². The van der Waals surface area contributed by atoms with Crippen LogP contribution in [0.4, 0.5) is 0 Å². The van der Waals surface area contributed by atoms with Crippen molar-refractivity contribution in [3.63, 3.8) is 0 Å². The molecular weight excluding hydrogens is 376 g/mol. The van der Waals surface area contributed by atoms with E-state index in [-0.39, 0.29) is 18.4 Å². The average Bonchev–Trinajstić information content (AvgIpc) is 2.74. The minimum Gasteiger partial charge on any atom is -0.484 e. The molecule has 0 bridgehead atoms. The van der Waals surface area contributed by atoms with E-state index >= 15 is 0 Å². The number of hydrogen-bond acceptors (Lipinski definition) is 3. The van der Waals surface area contributed by atoms with Gasteiger partial charge in [0.25, 0.3) is 5.91 Å². The maximum atomic E-state index is 13.2. The zero-order chi connectivity index (χ0) is 22.1. The number of carbonyl (C=O) groups is 2. The first kappa shape index (κ1) is 23.5. The lowest BCUT2D eigenvalue weighted by Crippen LogP contribution is -2.50. The van der Waals surface area contributed by atoms with Gasteiger partial charge in [0.15, 0.2) is 6.61 Å². The van der Waals surface area contributed by atoms with E-state index in [0.717, 1.165) is 23.1 Å². The van der Waals surface area contributed by atoms with Gasteiger partial charge in [0, 0.05) is 13.1 Å². The molecule has 0 aliphatic carbocycles. The van der Waals surface area contributed by atoms with Gasteiger partial charge in [0.05, 0.1) is 0 Å². The lowest BCUT2D eigenvalue weighted by Gasteiger charge is -2.31. The van der Waals surface area contributed by atoms with Crippen LogP contribution in [0.5, 0.6) is 5.75 Å². The molecule has 0 heterocycles. The summed E-state index contributed by atoms with van der Waals surface area (Å²) < 4.78 is 5.79. The topological polar surface area (TPSA) is 58.6 Å². The highest BCUT2D eigenvalue weighted by Gasteiger charge is 2.29. The van der Waals surface area contributed by atoms with Crippen molar-refractivity contribution in [2.45, 2.75) is 60.0 Å². The second kappa shape index (κ2) is 11.4. The summed E-state index contributed by atoms with van der Waals surface area (Å²) in [6.45, 7) is 10.9. The Morgan fingerprint density at radius 1 is 1.00 bits per heavy atom. The molecule has 2 amide bonds. The first-order valence-electron chi connectivity index (χ1n) is 10.7. The molecule has 2 aromatic rings. The minimum atomic E-state index is -0.535. The van der Waals surface area contributed by atoms with E-state index in [4.69, 9.17) is 4.74 Å². The first-order chi connectivity index (χ1) is 14.4. The van der Waals surface area contributed by atoms with Crippen molar-refractivity contribution in [2.24, 2.45) is 0 Å². The molecule has 0 saturated carbocycles. The van der Waals surface area contributed by atoms with Crippen LogP contribution in [0, 0.1) is 20.8 Å². The molecule has 5 nitrogen and oxygen atoms in total. The van der Waals surface area contributed by atoms with Crippen LogP contribution in [0.1, 0.15) is 48.9 Å². The number of rotatable bonds is 10. The van der Waals surface area contributed by atoms with Crippen LogP contribution in [-0.2, 0) is 16.1 Å². The zero-order valence-corrected chi connectivity index (χ0v) is 18.8. The second-order valence-electron chi connectivity index (χ2n) is 7.70. The Balaban J connectivity index is 2.21. The second-order valence-corrected chi connectivity index (χ2v) is 7.70. The highest BCUT2D eigenvalue weighted by molar-refractivity contribution is 5.88. The Hall–Kier alpha value is -2.82. The number of carbonyl (C=O) groups excluding carboxylic acids is 2. The van der Waals surface area contributed by atoms with Gasteiger partial charge >= 0.3 is 0 Å². The predicted octanol–water partition coefficient (Wildman–Crippen LogP) is 4.32. The smallest absolute Gasteiger partial charge is 0.261 e. The Kier molecular flexibility index (Phi) is 8.90. The van der Waals surface area contributed by atoms with Gasteiger partial charge in [-0.05, 0) is 68.0 Å². The van der Waals surface area contributed by atoms with E-state index in [1.807, 2.05) is 77.1 Å². The van der Waals surface area contributed by atoms with Gasteiger partial charge in [0.1, 0.15) is 11.8 Å². The molecule has 30 heavy (non-hydrogen) atoms. The summed E-state index contributed by atoms with van der Waals surface area (Å²) in [6.07, 6.45) is 1.39. The fourth-order valence-corrected chi connectivity index (χ4v) is 3.29. The number of amides is 2. The van der Waals surface area contributed by atoms with Crippen molar-refractivity contribution >= 4 is 11.8 Å². The van der Waals surface area contributed by atoms with Crippen molar-refractivity contribution in [3.8, 4) is 5.75 Å². The maximum absolute atomic E-state index is 13.2. The van der Waals surface area contributed by atoms with Gasteiger partial charge in [0.2, 0.25) is 5.91 Å². The van der Waals surface area contributed by atoms with E-state index in [1.54, 1.807) is 4.90 Å². The number of nitrogens with one attached hydrogen (secondary N) is 1. The van der Waals surface area contributed by atoms with Gasteiger partial charge in [-0.2, -0.15) is 0 Å². The monoisotopic (exact) mass is 410 g/mol. The summed E-state index contributed by atoms with van der Waals surface area (Å²) in [5.74, 6) is 0.341. The summed E-state index contributed by atoms with van der Waals surface area (Å²) in [6, 6.07) is 13.2. The fourth-order valence-electron chi connectivity index (χ4n) is 3.29. The molecule has 0 radical (unpaired) electrons. The Labute approximate surface area is 180 Å². The number of hydrogen-bond donors (Lipinski definition) is 1. The summed E-state index contributed by atoms with van der Waals surface area (Å²) >= 11 is 0. The number of aryl methyl sites for hydroxylation is 3. The van der Waals surface area contributed by atoms with Crippen molar-refractivity contribution in [1.29, 1.82) is 0 Å². The van der Waals surface area contributed by atoms with Gasteiger partial charge in [-0.3, -0.25) is 9.59 Å². The summed E-state index contributed by atoms with van der Waals surface area (Å²) in [4.78, 5) is 27.6. The predicted molar refractivity (Wildman–Crippen MR) is 121 cm³/mol. The van der Waals surface area contributed by atoms with Gasteiger partial charge < -0.3 is 15.0 Å². The molecule has 2 rings (SSSR count). The molecule has 2 aromatic carbocycles. The van der Waals surface area contributed by atoms with Crippen LogP contribution in [0.2, 0.25) is 0 Å². The third-order valence-corrected chi connectivity index (χ3v) is 5.38. The minimum absolute atomic E-state index is 0.105. The third kappa shape index (κ3) is 6.34. The molecule has 0 aliphatic rings. The van der Waals surface area contributed by atoms with Crippen LogP contribution in [0.3, 0.4) is 0 Å². The average molecular weight is 411 g/mol. The van der Waals surface area contributed by atoms with E-state index in [2.05, 4.69) is 5.32 Å². The Morgan fingerprint density at radius 2 is 1.73 bits per heavy atom. The highest BCUT2D eigenvalue weighted by atomic mass is 16.5. The van der Waals surface area contributed by atoms with Crippen molar-refractivity contribution < 1.29 is 14.3 Å². The number of ether oxygens (including phenoxy) is 1. The lowest BCUT2D eigenvalue weighted by atomic mass is 10.1. The molecule has 5 heteroatoms.